The van der Waals surface area contributed by atoms with E-state index in [9.17, 15) is 0 Å². The summed E-state index contributed by atoms with van der Waals surface area (Å²) in [6, 6.07) is 0. The summed E-state index contributed by atoms with van der Waals surface area (Å²) in [5, 5.41) is 2.92. The lowest BCUT2D eigenvalue weighted by Crippen LogP contribution is -2.17. The molecule has 0 aromatic rings. The maximum Gasteiger partial charge on any atom is 0.179 e. The van der Waals surface area contributed by atoms with Crippen molar-refractivity contribution in [2.45, 2.75) is 64.9 Å². The average Bonchev–Trinajstić information content (AvgIpc) is 2.26. The highest BCUT2D eigenvalue weighted by molar-refractivity contribution is 4.78. The van der Waals surface area contributed by atoms with E-state index in [1.807, 2.05) is 7.05 Å². The zero-order valence-electron chi connectivity index (χ0n) is 10.6. The standard InChI is InChI=1S/C13H27NO/c1-5-7-8-9-10-11-13(6-2)15-12(3)14-4/h13-14H,3,5-11H2,1-2,4H3. The summed E-state index contributed by atoms with van der Waals surface area (Å²) in [7, 11) is 1.84. The molecule has 15 heavy (non-hydrogen) atoms. The highest BCUT2D eigenvalue weighted by Gasteiger charge is 2.07. The van der Waals surface area contributed by atoms with Crippen molar-refractivity contribution in [2.75, 3.05) is 7.05 Å². The molecule has 0 saturated heterocycles. The van der Waals surface area contributed by atoms with E-state index in [2.05, 4.69) is 25.7 Å². The maximum atomic E-state index is 5.65. The molecule has 0 bridgehead atoms. The Bertz CT molecular complexity index is 157. The van der Waals surface area contributed by atoms with Crippen LogP contribution in [0.15, 0.2) is 12.5 Å². The minimum Gasteiger partial charge on any atom is -0.476 e. The van der Waals surface area contributed by atoms with Crippen molar-refractivity contribution in [1.29, 1.82) is 0 Å². The van der Waals surface area contributed by atoms with Crippen molar-refractivity contribution in [3.05, 3.63) is 12.5 Å². The fourth-order valence-corrected chi connectivity index (χ4v) is 1.58. The topological polar surface area (TPSA) is 21.3 Å². The molecule has 0 aliphatic rings. The number of hydrogen-bond acceptors (Lipinski definition) is 2. The van der Waals surface area contributed by atoms with Crippen LogP contribution in [0.2, 0.25) is 0 Å². The molecule has 0 rings (SSSR count). The lowest BCUT2D eigenvalue weighted by Gasteiger charge is -2.18. The second-order valence-corrected chi connectivity index (χ2v) is 4.02. The van der Waals surface area contributed by atoms with Gasteiger partial charge in [-0.25, -0.2) is 0 Å². The molecule has 1 atom stereocenters. The van der Waals surface area contributed by atoms with E-state index in [0.29, 0.717) is 12.0 Å². The van der Waals surface area contributed by atoms with Gasteiger partial charge in [-0.05, 0) is 25.8 Å². The summed E-state index contributed by atoms with van der Waals surface area (Å²) < 4.78 is 5.65. The Hall–Kier alpha value is -0.660. The summed E-state index contributed by atoms with van der Waals surface area (Å²) in [5.41, 5.74) is 0. The molecular formula is C13H27NO. The Balaban J connectivity index is 3.48. The Morgan fingerprint density at radius 3 is 2.40 bits per heavy atom. The molecular weight excluding hydrogens is 186 g/mol. The third-order valence-corrected chi connectivity index (χ3v) is 2.67. The fraction of sp³-hybridized carbons (Fsp3) is 0.846. The molecule has 90 valence electrons. The summed E-state index contributed by atoms with van der Waals surface area (Å²) in [6.45, 7) is 8.20. The van der Waals surface area contributed by atoms with Gasteiger partial charge < -0.3 is 10.1 Å². The van der Waals surface area contributed by atoms with E-state index in [0.717, 1.165) is 12.8 Å². The molecule has 0 fully saturated rings. The van der Waals surface area contributed by atoms with Crippen molar-refractivity contribution in [2.24, 2.45) is 0 Å². The van der Waals surface area contributed by atoms with Gasteiger partial charge in [0.15, 0.2) is 5.88 Å². The summed E-state index contributed by atoms with van der Waals surface area (Å²) in [6.07, 6.45) is 9.20. The Morgan fingerprint density at radius 1 is 1.20 bits per heavy atom. The van der Waals surface area contributed by atoms with E-state index in [1.165, 1.54) is 32.1 Å². The van der Waals surface area contributed by atoms with Gasteiger partial charge in [-0.2, -0.15) is 0 Å². The van der Waals surface area contributed by atoms with Crippen LogP contribution in [0.25, 0.3) is 0 Å². The van der Waals surface area contributed by atoms with Gasteiger partial charge in [-0.1, -0.05) is 39.5 Å². The number of nitrogens with one attached hydrogen (secondary N) is 1. The third-order valence-electron chi connectivity index (χ3n) is 2.67. The van der Waals surface area contributed by atoms with Gasteiger partial charge in [0.1, 0.15) is 6.10 Å². The van der Waals surface area contributed by atoms with Gasteiger partial charge in [-0.3, -0.25) is 0 Å². The first-order valence-corrected chi connectivity index (χ1v) is 6.27. The predicted octanol–water partition coefficient (Wildman–Crippen LogP) is 3.83. The van der Waals surface area contributed by atoms with Crippen molar-refractivity contribution < 1.29 is 4.74 Å². The molecule has 0 aromatic carbocycles. The first-order chi connectivity index (χ1) is 7.24. The van der Waals surface area contributed by atoms with E-state index in [4.69, 9.17) is 4.74 Å². The molecule has 1 N–H and O–H groups in total. The zero-order chi connectivity index (χ0) is 11.5. The van der Waals surface area contributed by atoms with E-state index >= 15 is 0 Å². The third kappa shape index (κ3) is 8.34. The average molecular weight is 213 g/mol. The van der Waals surface area contributed by atoms with Gasteiger partial charge in [0.25, 0.3) is 0 Å². The molecule has 0 spiro atoms. The molecule has 2 nitrogen and oxygen atoms in total. The SMILES string of the molecule is C=C(NC)OC(CC)CCCCCCC. The second kappa shape index (κ2) is 9.88. The van der Waals surface area contributed by atoms with Crippen LogP contribution in [0, 0.1) is 0 Å². The van der Waals surface area contributed by atoms with Crippen LogP contribution >= 0.6 is 0 Å². The van der Waals surface area contributed by atoms with Crippen LogP contribution in [0.1, 0.15) is 58.8 Å². The Labute approximate surface area is 95.1 Å². The van der Waals surface area contributed by atoms with Crippen LogP contribution in [0.3, 0.4) is 0 Å². The largest absolute Gasteiger partial charge is 0.476 e. The Kier molecular flexibility index (Phi) is 9.44. The number of hydrogen-bond donors (Lipinski definition) is 1. The maximum absolute atomic E-state index is 5.65. The van der Waals surface area contributed by atoms with E-state index in [-0.39, 0.29) is 0 Å². The molecule has 0 aliphatic carbocycles. The fourth-order valence-electron chi connectivity index (χ4n) is 1.58. The lowest BCUT2D eigenvalue weighted by atomic mass is 10.1. The zero-order valence-corrected chi connectivity index (χ0v) is 10.6. The van der Waals surface area contributed by atoms with Crippen molar-refractivity contribution in [1.82, 2.24) is 5.32 Å². The van der Waals surface area contributed by atoms with Crippen LogP contribution in [-0.2, 0) is 4.74 Å². The smallest absolute Gasteiger partial charge is 0.179 e. The molecule has 0 heterocycles. The number of rotatable bonds is 10. The van der Waals surface area contributed by atoms with Gasteiger partial charge >= 0.3 is 0 Å². The quantitative estimate of drug-likeness (QED) is 0.440. The minimum atomic E-state index is 0.339. The van der Waals surface area contributed by atoms with Crippen molar-refractivity contribution in [3.63, 3.8) is 0 Å². The van der Waals surface area contributed by atoms with E-state index in [1.54, 1.807) is 0 Å². The molecule has 2 heteroatoms. The highest BCUT2D eigenvalue weighted by Crippen LogP contribution is 2.13. The van der Waals surface area contributed by atoms with Gasteiger partial charge in [0, 0.05) is 7.05 Å². The molecule has 0 aliphatic heterocycles. The first kappa shape index (κ1) is 14.3. The molecule has 0 radical (unpaired) electrons. The molecule has 0 saturated carbocycles. The second-order valence-electron chi connectivity index (χ2n) is 4.02. The summed E-state index contributed by atoms with van der Waals surface area (Å²) in [5.74, 6) is 0.690. The monoisotopic (exact) mass is 213 g/mol. The lowest BCUT2D eigenvalue weighted by molar-refractivity contribution is 0.0921. The van der Waals surface area contributed by atoms with Crippen LogP contribution in [0.4, 0.5) is 0 Å². The van der Waals surface area contributed by atoms with Gasteiger partial charge in [0.2, 0.25) is 0 Å². The molecule has 0 aromatic heterocycles. The van der Waals surface area contributed by atoms with Gasteiger partial charge in [0.05, 0.1) is 0 Å². The molecule has 1 unspecified atom stereocenters. The first-order valence-electron chi connectivity index (χ1n) is 6.27. The normalized spacial score (nSPS) is 12.2. The number of ether oxygens (including phenoxy) is 1. The highest BCUT2D eigenvalue weighted by atomic mass is 16.5. The number of unbranched alkanes of at least 4 members (excludes halogenated alkanes) is 4. The van der Waals surface area contributed by atoms with Crippen LogP contribution in [0.5, 0.6) is 0 Å². The summed E-state index contributed by atoms with van der Waals surface area (Å²) in [4.78, 5) is 0. The van der Waals surface area contributed by atoms with Crippen LogP contribution < -0.4 is 5.32 Å². The predicted molar refractivity (Wildman–Crippen MR) is 66.7 cm³/mol. The van der Waals surface area contributed by atoms with Crippen molar-refractivity contribution >= 4 is 0 Å². The van der Waals surface area contributed by atoms with Gasteiger partial charge in [-0.15, -0.1) is 0 Å². The van der Waals surface area contributed by atoms with E-state index < -0.39 is 0 Å². The minimum absolute atomic E-state index is 0.339. The van der Waals surface area contributed by atoms with Crippen LogP contribution in [-0.4, -0.2) is 13.2 Å². The molecule has 0 amide bonds. The summed E-state index contributed by atoms with van der Waals surface area (Å²) >= 11 is 0. The Morgan fingerprint density at radius 2 is 1.87 bits per heavy atom. The van der Waals surface area contributed by atoms with Crippen molar-refractivity contribution in [3.8, 4) is 0 Å².